The number of rotatable bonds is 9. The van der Waals surface area contributed by atoms with Gasteiger partial charge in [-0.3, -0.25) is 9.89 Å². The van der Waals surface area contributed by atoms with Crippen molar-refractivity contribution in [2.24, 2.45) is 0 Å². The quantitative estimate of drug-likeness (QED) is 0.484. The molecule has 33 heavy (non-hydrogen) atoms. The van der Waals surface area contributed by atoms with Crippen LogP contribution in [0.4, 0.5) is 5.82 Å². The lowest BCUT2D eigenvalue weighted by atomic mass is 10.1. The highest BCUT2D eigenvalue weighted by Crippen LogP contribution is 2.29. The molecule has 2 heterocycles. The molecule has 2 aromatic carbocycles. The third-order valence-corrected chi connectivity index (χ3v) is 5.82. The summed E-state index contributed by atoms with van der Waals surface area (Å²) in [4.78, 5) is 14.9. The fourth-order valence-electron chi connectivity index (χ4n) is 4.01. The van der Waals surface area contributed by atoms with Gasteiger partial charge in [0.05, 0.1) is 25.3 Å². The van der Waals surface area contributed by atoms with Gasteiger partial charge in [0.2, 0.25) is 5.91 Å². The number of anilines is 1. The Morgan fingerprint density at radius 2 is 1.88 bits per heavy atom. The molecule has 1 amide bonds. The molecule has 1 saturated heterocycles. The highest BCUT2D eigenvalue weighted by molar-refractivity contribution is 6.30. The first-order chi connectivity index (χ1) is 16.1. The van der Waals surface area contributed by atoms with Gasteiger partial charge in [-0.05, 0) is 55.7 Å². The van der Waals surface area contributed by atoms with Crippen LogP contribution in [0.25, 0.3) is 11.3 Å². The van der Waals surface area contributed by atoms with E-state index in [1.165, 1.54) is 0 Å². The number of hydrogen-bond donors (Lipinski definition) is 2. The van der Waals surface area contributed by atoms with Crippen molar-refractivity contribution in [1.82, 2.24) is 15.5 Å². The number of ether oxygens (including phenoxy) is 2. The van der Waals surface area contributed by atoms with E-state index in [1.807, 2.05) is 62.4 Å². The molecule has 0 radical (unpaired) electrons. The minimum atomic E-state index is -0.00246. The summed E-state index contributed by atoms with van der Waals surface area (Å²) in [5, 5.41) is 11.4. The summed E-state index contributed by atoms with van der Waals surface area (Å²) >= 11 is 5.98. The minimum absolute atomic E-state index is 0.00246. The maximum atomic E-state index is 12.7. The summed E-state index contributed by atoms with van der Waals surface area (Å²) in [7, 11) is 0. The molecular weight excluding hydrogens is 440 g/mol. The van der Waals surface area contributed by atoms with Crippen LogP contribution in [0.1, 0.15) is 25.8 Å². The first-order valence-corrected chi connectivity index (χ1v) is 11.7. The largest absolute Gasteiger partial charge is 0.490 e. The van der Waals surface area contributed by atoms with Crippen LogP contribution in [0.5, 0.6) is 11.5 Å². The topological polar surface area (TPSA) is 79.5 Å². The molecule has 1 aromatic heterocycles. The summed E-state index contributed by atoms with van der Waals surface area (Å²) < 4.78 is 11.3. The van der Waals surface area contributed by atoms with Crippen molar-refractivity contribution in [1.29, 1.82) is 0 Å². The summed E-state index contributed by atoms with van der Waals surface area (Å²) in [6, 6.07) is 15.4. The lowest BCUT2D eigenvalue weighted by molar-refractivity contribution is -0.121. The van der Waals surface area contributed by atoms with Crippen molar-refractivity contribution in [3.05, 3.63) is 59.1 Å². The van der Waals surface area contributed by atoms with Crippen LogP contribution in [0.2, 0.25) is 5.02 Å². The van der Waals surface area contributed by atoms with Crippen molar-refractivity contribution >= 4 is 23.3 Å². The molecule has 1 unspecified atom stereocenters. The summed E-state index contributed by atoms with van der Waals surface area (Å²) in [6.07, 6.45) is 1.18. The fourth-order valence-corrected chi connectivity index (χ4v) is 4.13. The van der Waals surface area contributed by atoms with Gasteiger partial charge >= 0.3 is 0 Å². The molecule has 1 aliphatic heterocycles. The number of H-pyrrole nitrogens is 1. The predicted molar refractivity (Wildman–Crippen MR) is 130 cm³/mol. The Morgan fingerprint density at radius 1 is 1.12 bits per heavy atom. The second kappa shape index (κ2) is 10.6. The maximum Gasteiger partial charge on any atom is 0.224 e. The third-order valence-electron chi connectivity index (χ3n) is 5.57. The number of hydrogen-bond acceptors (Lipinski definition) is 5. The van der Waals surface area contributed by atoms with Crippen LogP contribution in [0.3, 0.4) is 0 Å². The predicted octanol–water partition coefficient (Wildman–Crippen LogP) is 4.47. The molecule has 0 spiro atoms. The van der Waals surface area contributed by atoms with Gasteiger partial charge in [-0.15, -0.1) is 0 Å². The molecule has 0 saturated carbocycles. The van der Waals surface area contributed by atoms with Crippen molar-refractivity contribution < 1.29 is 14.3 Å². The molecule has 3 aromatic rings. The number of carbonyl (C=O) groups excluding carboxylic acids is 1. The highest BCUT2D eigenvalue weighted by atomic mass is 35.5. The molecule has 1 fully saturated rings. The molecular formula is C25H29ClN4O3. The van der Waals surface area contributed by atoms with Gasteiger partial charge in [-0.25, -0.2) is 0 Å². The zero-order valence-corrected chi connectivity index (χ0v) is 19.7. The minimum Gasteiger partial charge on any atom is -0.490 e. The second-order valence-electron chi connectivity index (χ2n) is 7.97. The Hall–Kier alpha value is -3.19. The van der Waals surface area contributed by atoms with E-state index in [9.17, 15) is 4.79 Å². The SMILES string of the molecule is CCOc1ccc(CC(=O)NC2CCN(c3cc(-c4ccc(Cl)cc4)[nH]n3)C2)cc1OCC. The Kier molecular flexibility index (Phi) is 7.40. The zero-order chi connectivity index (χ0) is 23.2. The zero-order valence-electron chi connectivity index (χ0n) is 18.9. The van der Waals surface area contributed by atoms with Gasteiger partial charge in [0.1, 0.15) is 0 Å². The van der Waals surface area contributed by atoms with E-state index < -0.39 is 0 Å². The molecule has 0 aliphatic carbocycles. The Bertz CT molecular complexity index is 1080. The molecule has 1 atom stereocenters. The molecule has 4 rings (SSSR count). The number of halogens is 1. The van der Waals surface area contributed by atoms with E-state index >= 15 is 0 Å². The van der Waals surface area contributed by atoms with Crippen LogP contribution in [-0.4, -0.2) is 48.4 Å². The monoisotopic (exact) mass is 468 g/mol. The van der Waals surface area contributed by atoms with Gasteiger partial charge in [0.25, 0.3) is 0 Å². The molecule has 174 valence electrons. The third kappa shape index (κ3) is 5.79. The highest BCUT2D eigenvalue weighted by Gasteiger charge is 2.26. The van der Waals surface area contributed by atoms with E-state index in [2.05, 4.69) is 20.4 Å². The van der Waals surface area contributed by atoms with E-state index in [0.717, 1.165) is 42.1 Å². The Morgan fingerprint density at radius 3 is 2.64 bits per heavy atom. The normalized spacial score (nSPS) is 15.5. The summed E-state index contributed by atoms with van der Waals surface area (Å²) in [5.41, 5.74) is 2.87. The lowest BCUT2D eigenvalue weighted by Crippen LogP contribution is -2.38. The van der Waals surface area contributed by atoms with Crippen LogP contribution < -0.4 is 19.7 Å². The van der Waals surface area contributed by atoms with Gasteiger partial charge in [-0.2, -0.15) is 5.10 Å². The number of amides is 1. The van der Waals surface area contributed by atoms with Crippen molar-refractivity contribution in [3.63, 3.8) is 0 Å². The number of benzene rings is 2. The molecule has 0 bridgehead atoms. The summed E-state index contributed by atoms with van der Waals surface area (Å²) in [6.45, 7) is 6.54. The molecule has 7 nitrogen and oxygen atoms in total. The molecule has 1 aliphatic rings. The van der Waals surface area contributed by atoms with Gasteiger partial charge < -0.3 is 19.7 Å². The number of nitrogens with zero attached hydrogens (tertiary/aromatic N) is 2. The molecule has 2 N–H and O–H groups in total. The van der Waals surface area contributed by atoms with Crippen LogP contribution in [0.15, 0.2) is 48.5 Å². The lowest BCUT2D eigenvalue weighted by Gasteiger charge is -2.16. The number of carbonyl (C=O) groups is 1. The first kappa shape index (κ1) is 23.0. The van der Waals surface area contributed by atoms with E-state index in [-0.39, 0.29) is 11.9 Å². The Labute approximate surface area is 199 Å². The standard InChI is InChI=1S/C25H29ClN4O3/c1-3-32-22-10-5-17(13-23(22)33-4-2)14-25(31)27-20-11-12-30(16-20)24-15-21(28-29-24)18-6-8-19(26)9-7-18/h5-10,13,15,20H,3-4,11-12,14,16H2,1-2H3,(H,27,31)(H,28,29). The Balaban J connectivity index is 1.32. The first-order valence-electron chi connectivity index (χ1n) is 11.3. The van der Waals surface area contributed by atoms with Crippen molar-refractivity contribution in [2.45, 2.75) is 32.7 Å². The average molecular weight is 469 g/mol. The van der Waals surface area contributed by atoms with Crippen molar-refractivity contribution in [2.75, 3.05) is 31.2 Å². The van der Waals surface area contributed by atoms with E-state index in [1.54, 1.807) is 0 Å². The van der Waals surface area contributed by atoms with Crippen molar-refractivity contribution in [3.8, 4) is 22.8 Å². The van der Waals surface area contributed by atoms with Crippen LogP contribution in [0, 0.1) is 0 Å². The smallest absolute Gasteiger partial charge is 0.224 e. The van der Waals surface area contributed by atoms with Crippen LogP contribution in [-0.2, 0) is 11.2 Å². The molecule has 8 heteroatoms. The van der Waals surface area contributed by atoms with E-state index in [0.29, 0.717) is 36.2 Å². The summed E-state index contributed by atoms with van der Waals surface area (Å²) in [5.74, 6) is 2.25. The number of aromatic nitrogens is 2. The van der Waals surface area contributed by atoms with Gasteiger partial charge in [0, 0.05) is 30.2 Å². The van der Waals surface area contributed by atoms with Gasteiger partial charge in [0.15, 0.2) is 17.3 Å². The average Bonchev–Trinajstić information content (AvgIpc) is 3.46. The van der Waals surface area contributed by atoms with Crippen LogP contribution >= 0.6 is 11.6 Å². The number of aromatic amines is 1. The van der Waals surface area contributed by atoms with E-state index in [4.69, 9.17) is 21.1 Å². The second-order valence-corrected chi connectivity index (χ2v) is 8.41. The number of nitrogens with one attached hydrogen (secondary N) is 2. The van der Waals surface area contributed by atoms with Gasteiger partial charge in [-0.1, -0.05) is 29.8 Å². The fraction of sp³-hybridized carbons (Fsp3) is 0.360. The maximum absolute atomic E-state index is 12.7.